The monoisotopic (exact) mass is 299 g/mol. The second-order valence-electron chi connectivity index (χ2n) is 5.27. The third-order valence-corrected chi connectivity index (χ3v) is 3.64. The molecule has 2 aromatic carbocycles. The molecule has 1 amide bonds. The minimum Gasteiger partial charge on any atom is -0.497 e. The van der Waals surface area contributed by atoms with E-state index in [9.17, 15) is 9.90 Å². The van der Waals surface area contributed by atoms with Gasteiger partial charge >= 0.3 is 0 Å². The number of aliphatic hydroxyl groups excluding tert-OH is 1. The van der Waals surface area contributed by atoms with Crippen molar-refractivity contribution in [1.29, 1.82) is 0 Å². The second kappa shape index (κ2) is 7.09. The summed E-state index contributed by atoms with van der Waals surface area (Å²) in [7, 11) is 1.58. The number of nitrogens with one attached hydrogen (secondary N) is 1. The van der Waals surface area contributed by atoms with Gasteiger partial charge in [0.05, 0.1) is 13.2 Å². The van der Waals surface area contributed by atoms with E-state index in [1.807, 2.05) is 44.2 Å². The van der Waals surface area contributed by atoms with E-state index in [1.165, 1.54) is 0 Å². The van der Waals surface area contributed by atoms with Gasteiger partial charge < -0.3 is 15.2 Å². The molecular formula is C18H21NO3. The van der Waals surface area contributed by atoms with Gasteiger partial charge in [0.25, 0.3) is 5.91 Å². The number of rotatable bonds is 5. The molecule has 116 valence electrons. The molecule has 0 fully saturated rings. The first-order valence-corrected chi connectivity index (χ1v) is 7.19. The Morgan fingerprint density at radius 2 is 1.82 bits per heavy atom. The van der Waals surface area contributed by atoms with Crippen molar-refractivity contribution in [3.05, 3.63) is 64.7 Å². The molecule has 0 radical (unpaired) electrons. The Kier molecular flexibility index (Phi) is 5.17. The molecule has 2 N–H and O–H groups in total. The molecule has 0 aliphatic carbocycles. The molecule has 2 rings (SSSR count). The molecule has 0 aliphatic heterocycles. The van der Waals surface area contributed by atoms with E-state index in [1.54, 1.807) is 19.2 Å². The van der Waals surface area contributed by atoms with Crippen molar-refractivity contribution in [3.8, 4) is 5.75 Å². The summed E-state index contributed by atoms with van der Waals surface area (Å²) in [5.74, 6) is 0.509. The van der Waals surface area contributed by atoms with E-state index in [0.29, 0.717) is 16.9 Å². The number of ether oxygens (including phenoxy) is 1. The summed E-state index contributed by atoms with van der Waals surface area (Å²) in [6, 6.07) is 12.9. The van der Waals surface area contributed by atoms with Crippen molar-refractivity contribution in [2.75, 3.05) is 13.7 Å². The quantitative estimate of drug-likeness (QED) is 0.892. The highest BCUT2D eigenvalue weighted by atomic mass is 16.5. The zero-order valence-electron chi connectivity index (χ0n) is 13.1. The van der Waals surface area contributed by atoms with Gasteiger partial charge in [-0.3, -0.25) is 4.79 Å². The molecule has 0 heterocycles. The summed E-state index contributed by atoms with van der Waals surface area (Å²) in [6.07, 6.45) is -0.775. The minimum atomic E-state index is -0.775. The summed E-state index contributed by atoms with van der Waals surface area (Å²) in [4.78, 5) is 12.3. The summed E-state index contributed by atoms with van der Waals surface area (Å²) in [6.45, 7) is 3.96. The third-order valence-electron chi connectivity index (χ3n) is 3.64. The fourth-order valence-corrected chi connectivity index (χ4v) is 2.42. The van der Waals surface area contributed by atoms with Crippen molar-refractivity contribution >= 4 is 5.91 Å². The second-order valence-corrected chi connectivity index (χ2v) is 5.27. The first kappa shape index (κ1) is 16.0. The van der Waals surface area contributed by atoms with Crippen LogP contribution in [0.1, 0.15) is 33.2 Å². The van der Waals surface area contributed by atoms with Crippen LogP contribution in [0.3, 0.4) is 0 Å². The molecule has 4 heteroatoms. The van der Waals surface area contributed by atoms with Crippen LogP contribution in [0.25, 0.3) is 0 Å². The molecule has 1 atom stereocenters. The van der Waals surface area contributed by atoms with Crippen molar-refractivity contribution in [1.82, 2.24) is 5.32 Å². The van der Waals surface area contributed by atoms with Crippen LogP contribution in [0, 0.1) is 13.8 Å². The number of methoxy groups -OCH3 is 1. The van der Waals surface area contributed by atoms with E-state index >= 15 is 0 Å². The molecule has 0 spiro atoms. The van der Waals surface area contributed by atoms with Gasteiger partial charge in [-0.1, -0.05) is 30.3 Å². The fourth-order valence-electron chi connectivity index (χ4n) is 2.42. The third kappa shape index (κ3) is 3.65. The molecule has 0 saturated carbocycles. The Morgan fingerprint density at radius 1 is 1.18 bits per heavy atom. The number of amides is 1. The lowest BCUT2D eigenvalue weighted by Crippen LogP contribution is -2.29. The number of carbonyl (C=O) groups excluding carboxylic acids is 1. The number of benzene rings is 2. The van der Waals surface area contributed by atoms with E-state index < -0.39 is 6.10 Å². The summed E-state index contributed by atoms with van der Waals surface area (Å²) < 4.78 is 5.13. The highest BCUT2D eigenvalue weighted by Gasteiger charge is 2.14. The number of aliphatic hydroxyl groups is 1. The van der Waals surface area contributed by atoms with Crippen molar-refractivity contribution in [3.63, 3.8) is 0 Å². The zero-order valence-corrected chi connectivity index (χ0v) is 13.1. The van der Waals surface area contributed by atoms with Gasteiger partial charge in [-0.25, -0.2) is 0 Å². The van der Waals surface area contributed by atoms with Gasteiger partial charge in [-0.15, -0.1) is 0 Å². The fraction of sp³-hybridized carbons (Fsp3) is 0.278. The zero-order chi connectivity index (χ0) is 16.1. The van der Waals surface area contributed by atoms with Crippen molar-refractivity contribution in [2.24, 2.45) is 0 Å². The molecular weight excluding hydrogens is 278 g/mol. The van der Waals surface area contributed by atoms with Crippen LogP contribution < -0.4 is 10.1 Å². The number of hydrogen-bond acceptors (Lipinski definition) is 3. The Labute approximate surface area is 130 Å². The SMILES string of the molecule is COc1cccc(C(O)CNC(=O)c2c(C)cccc2C)c1. The van der Waals surface area contributed by atoms with Gasteiger partial charge in [0, 0.05) is 12.1 Å². The maximum Gasteiger partial charge on any atom is 0.251 e. The predicted octanol–water partition coefficient (Wildman–Crippen LogP) is 2.78. The highest BCUT2D eigenvalue weighted by molar-refractivity contribution is 5.97. The standard InChI is InChI=1S/C18H21NO3/c1-12-6-4-7-13(2)17(12)18(21)19-11-16(20)14-8-5-9-15(10-14)22-3/h4-10,16,20H,11H2,1-3H3,(H,19,21). The highest BCUT2D eigenvalue weighted by Crippen LogP contribution is 2.19. The molecule has 0 bridgehead atoms. The summed E-state index contributed by atoms with van der Waals surface area (Å²) in [5, 5.41) is 13.0. The minimum absolute atomic E-state index is 0.153. The van der Waals surface area contributed by atoms with Gasteiger partial charge in [-0.2, -0.15) is 0 Å². The van der Waals surface area contributed by atoms with Crippen molar-refractivity contribution < 1.29 is 14.6 Å². The van der Waals surface area contributed by atoms with Crippen LogP contribution in [0.5, 0.6) is 5.75 Å². The van der Waals surface area contributed by atoms with Gasteiger partial charge in [-0.05, 0) is 42.7 Å². The molecule has 0 saturated heterocycles. The Morgan fingerprint density at radius 3 is 2.45 bits per heavy atom. The predicted molar refractivity (Wildman–Crippen MR) is 86.2 cm³/mol. The van der Waals surface area contributed by atoms with Gasteiger partial charge in [0.1, 0.15) is 5.75 Å². The van der Waals surface area contributed by atoms with E-state index in [-0.39, 0.29) is 12.5 Å². The molecule has 0 aromatic heterocycles. The van der Waals surface area contributed by atoms with E-state index in [2.05, 4.69) is 5.32 Å². The lowest BCUT2D eigenvalue weighted by molar-refractivity contribution is 0.0915. The van der Waals surface area contributed by atoms with Crippen LogP contribution in [-0.4, -0.2) is 24.7 Å². The summed E-state index contributed by atoms with van der Waals surface area (Å²) in [5.41, 5.74) is 3.23. The molecule has 2 aromatic rings. The molecule has 1 unspecified atom stereocenters. The Balaban J connectivity index is 2.04. The normalized spacial score (nSPS) is 11.8. The molecule has 0 aliphatic rings. The first-order valence-electron chi connectivity index (χ1n) is 7.19. The van der Waals surface area contributed by atoms with Crippen LogP contribution in [0.2, 0.25) is 0 Å². The largest absolute Gasteiger partial charge is 0.497 e. The maximum absolute atomic E-state index is 12.3. The molecule has 4 nitrogen and oxygen atoms in total. The Bertz CT molecular complexity index is 647. The average Bonchev–Trinajstić information content (AvgIpc) is 2.52. The summed E-state index contributed by atoms with van der Waals surface area (Å²) >= 11 is 0. The van der Waals surface area contributed by atoms with Crippen LogP contribution in [0.4, 0.5) is 0 Å². The number of aryl methyl sites for hydroxylation is 2. The maximum atomic E-state index is 12.3. The Hall–Kier alpha value is -2.33. The van der Waals surface area contributed by atoms with Gasteiger partial charge in [0.2, 0.25) is 0 Å². The lowest BCUT2D eigenvalue weighted by Gasteiger charge is -2.15. The van der Waals surface area contributed by atoms with Crippen LogP contribution in [0.15, 0.2) is 42.5 Å². The van der Waals surface area contributed by atoms with Crippen molar-refractivity contribution in [2.45, 2.75) is 20.0 Å². The van der Waals surface area contributed by atoms with E-state index in [0.717, 1.165) is 11.1 Å². The van der Waals surface area contributed by atoms with Crippen LogP contribution in [-0.2, 0) is 0 Å². The topological polar surface area (TPSA) is 58.6 Å². The first-order chi connectivity index (χ1) is 10.5. The van der Waals surface area contributed by atoms with E-state index in [4.69, 9.17) is 4.74 Å². The lowest BCUT2D eigenvalue weighted by atomic mass is 10.0. The molecule has 22 heavy (non-hydrogen) atoms. The smallest absolute Gasteiger partial charge is 0.251 e. The average molecular weight is 299 g/mol. The number of carbonyl (C=O) groups is 1. The van der Waals surface area contributed by atoms with Gasteiger partial charge in [0.15, 0.2) is 0 Å². The van der Waals surface area contributed by atoms with Crippen LogP contribution >= 0.6 is 0 Å². The number of hydrogen-bond donors (Lipinski definition) is 2.